The zero-order chi connectivity index (χ0) is 16.3. The zero-order valence-corrected chi connectivity index (χ0v) is 14.8. The summed E-state index contributed by atoms with van der Waals surface area (Å²) >= 11 is 3.41. The smallest absolute Gasteiger partial charge is 0.307 e. The lowest BCUT2D eigenvalue weighted by Crippen LogP contribution is -2.46. The van der Waals surface area contributed by atoms with Crippen molar-refractivity contribution in [2.45, 2.75) is 19.8 Å². The van der Waals surface area contributed by atoms with Gasteiger partial charge in [0, 0.05) is 17.6 Å². The first-order chi connectivity index (χ1) is 10.3. The molecule has 0 bridgehead atoms. The summed E-state index contributed by atoms with van der Waals surface area (Å²) in [4.78, 5) is 11.2. The normalized spacial score (nSPS) is 23.4. The summed E-state index contributed by atoms with van der Waals surface area (Å²) in [7, 11) is -3.45. The average molecular weight is 390 g/mol. The minimum atomic E-state index is -3.45. The van der Waals surface area contributed by atoms with Crippen molar-refractivity contribution in [3.63, 3.8) is 0 Å². The molecule has 1 aliphatic heterocycles. The van der Waals surface area contributed by atoms with Crippen molar-refractivity contribution in [3.8, 4) is 0 Å². The monoisotopic (exact) mass is 389 g/mol. The minimum absolute atomic E-state index is 0.00529. The Morgan fingerprint density at radius 2 is 2.05 bits per heavy atom. The van der Waals surface area contributed by atoms with E-state index in [1.807, 2.05) is 31.2 Å². The van der Waals surface area contributed by atoms with E-state index >= 15 is 0 Å². The Hall–Kier alpha value is -0.920. The van der Waals surface area contributed by atoms with Crippen LogP contribution in [0.5, 0.6) is 0 Å². The second kappa shape index (κ2) is 7.10. The van der Waals surface area contributed by atoms with Crippen molar-refractivity contribution < 1.29 is 18.3 Å². The van der Waals surface area contributed by atoms with Gasteiger partial charge in [-0.1, -0.05) is 41.1 Å². The first kappa shape index (κ1) is 17.4. The number of carboxylic acid groups (broad SMARTS) is 1. The van der Waals surface area contributed by atoms with Crippen molar-refractivity contribution in [1.29, 1.82) is 0 Å². The fourth-order valence-corrected chi connectivity index (χ4v) is 4.89. The minimum Gasteiger partial charge on any atom is -0.481 e. The van der Waals surface area contributed by atoms with Crippen LogP contribution in [0, 0.1) is 11.8 Å². The molecule has 0 spiro atoms. The Kier molecular flexibility index (Phi) is 5.63. The van der Waals surface area contributed by atoms with E-state index in [9.17, 15) is 13.2 Å². The number of rotatable bonds is 5. The van der Waals surface area contributed by atoms with Gasteiger partial charge in [-0.25, -0.2) is 12.7 Å². The van der Waals surface area contributed by atoms with Gasteiger partial charge in [0.25, 0.3) is 0 Å². The number of halogens is 1. The summed E-state index contributed by atoms with van der Waals surface area (Å²) in [6, 6.07) is 7.52. The predicted octanol–water partition coefficient (Wildman–Crippen LogP) is 2.36. The summed E-state index contributed by atoms with van der Waals surface area (Å²) in [6.07, 6.45) is 0.942. The molecule has 122 valence electrons. The van der Waals surface area contributed by atoms with E-state index in [1.54, 1.807) is 0 Å². The van der Waals surface area contributed by atoms with E-state index in [4.69, 9.17) is 5.11 Å². The molecule has 1 aliphatic rings. The van der Waals surface area contributed by atoms with Crippen molar-refractivity contribution in [3.05, 3.63) is 34.3 Å². The molecule has 0 amide bonds. The van der Waals surface area contributed by atoms with Gasteiger partial charge < -0.3 is 5.11 Å². The molecule has 2 unspecified atom stereocenters. The standard InChI is InChI=1S/C15H20BrNO4S/c1-11-8-13(15(18)19)10-17(9-11)22(20,21)7-6-12-4-2-3-5-14(12)16/h2-5,11,13H,6-10H2,1H3,(H,18,19). The number of sulfonamides is 1. The molecule has 1 saturated heterocycles. The number of carboxylic acids is 1. The number of piperidine rings is 1. The van der Waals surface area contributed by atoms with Crippen molar-refractivity contribution in [2.75, 3.05) is 18.8 Å². The Morgan fingerprint density at radius 1 is 1.36 bits per heavy atom. The third-order valence-electron chi connectivity index (χ3n) is 3.96. The maximum Gasteiger partial charge on any atom is 0.307 e. The zero-order valence-electron chi connectivity index (χ0n) is 12.4. The van der Waals surface area contributed by atoms with Gasteiger partial charge in [0.1, 0.15) is 0 Å². The number of benzene rings is 1. The Morgan fingerprint density at radius 3 is 2.68 bits per heavy atom. The molecule has 0 saturated carbocycles. The molecule has 1 fully saturated rings. The summed E-state index contributed by atoms with van der Waals surface area (Å²) in [5, 5.41) is 9.16. The van der Waals surface area contributed by atoms with Crippen LogP contribution in [-0.2, 0) is 21.2 Å². The second-order valence-corrected chi connectivity index (χ2v) is 8.79. The van der Waals surface area contributed by atoms with E-state index in [1.165, 1.54) is 4.31 Å². The van der Waals surface area contributed by atoms with Gasteiger partial charge in [0.15, 0.2) is 0 Å². The Labute approximate surface area is 139 Å². The quantitative estimate of drug-likeness (QED) is 0.838. The van der Waals surface area contributed by atoms with Crippen LogP contribution in [-0.4, -0.2) is 42.6 Å². The summed E-state index contributed by atoms with van der Waals surface area (Å²) in [5.41, 5.74) is 0.936. The molecular formula is C15H20BrNO4S. The molecular weight excluding hydrogens is 370 g/mol. The van der Waals surface area contributed by atoms with Crippen molar-refractivity contribution in [1.82, 2.24) is 4.31 Å². The van der Waals surface area contributed by atoms with Crippen LogP contribution in [0.2, 0.25) is 0 Å². The summed E-state index contributed by atoms with van der Waals surface area (Å²) in [6.45, 7) is 2.38. The van der Waals surface area contributed by atoms with Crippen molar-refractivity contribution >= 4 is 31.9 Å². The fourth-order valence-electron chi connectivity index (χ4n) is 2.78. The van der Waals surface area contributed by atoms with E-state index in [0.29, 0.717) is 19.4 Å². The lowest BCUT2D eigenvalue weighted by Gasteiger charge is -2.33. The first-order valence-electron chi connectivity index (χ1n) is 7.23. The molecule has 2 atom stereocenters. The van der Waals surface area contributed by atoms with E-state index in [2.05, 4.69) is 15.9 Å². The SMILES string of the molecule is CC1CC(C(=O)O)CN(S(=O)(=O)CCc2ccccc2Br)C1. The Balaban J connectivity index is 2.06. The van der Waals surface area contributed by atoms with Crippen LogP contribution < -0.4 is 0 Å². The Bertz CT molecular complexity index is 647. The molecule has 7 heteroatoms. The number of aliphatic carboxylic acids is 1. The molecule has 2 rings (SSSR count). The highest BCUT2D eigenvalue weighted by atomic mass is 79.9. The van der Waals surface area contributed by atoms with Crippen LogP contribution >= 0.6 is 15.9 Å². The molecule has 1 heterocycles. The van der Waals surface area contributed by atoms with Gasteiger partial charge in [-0.3, -0.25) is 4.79 Å². The fraction of sp³-hybridized carbons (Fsp3) is 0.533. The van der Waals surface area contributed by atoms with E-state index in [0.717, 1.165) is 10.0 Å². The van der Waals surface area contributed by atoms with Crippen LogP contribution in [0.1, 0.15) is 18.9 Å². The maximum absolute atomic E-state index is 12.5. The lowest BCUT2D eigenvalue weighted by molar-refractivity contribution is -0.143. The van der Waals surface area contributed by atoms with Gasteiger partial charge in [-0.2, -0.15) is 0 Å². The highest BCUT2D eigenvalue weighted by molar-refractivity contribution is 9.10. The van der Waals surface area contributed by atoms with Crippen LogP contribution in [0.25, 0.3) is 0 Å². The number of nitrogens with zero attached hydrogens (tertiary/aromatic N) is 1. The van der Waals surface area contributed by atoms with Crippen LogP contribution in [0.4, 0.5) is 0 Å². The summed E-state index contributed by atoms with van der Waals surface area (Å²) < 4.78 is 27.2. The number of aryl methyl sites for hydroxylation is 1. The third kappa shape index (κ3) is 4.30. The molecule has 1 aromatic rings. The maximum atomic E-state index is 12.5. The molecule has 0 aliphatic carbocycles. The average Bonchev–Trinajstić information content (AvgIpc) is 2.45. The highest BCUT2D eigenvalue weighted by Gasteiger charge is 2.35. The molecule has 1 aromatic carbocycles. The van der Waals surface area contributed by atoms with Gasteiger partial charge in [0.2, 0.25) is 10.0 Å². The van der Waals surface area contributed by atoms with Gasteiger partial charge in [-0.05, 0) is 30.4 Å². The number of hydrogen-bond acceptors (Lipinski definition) is 3. The van der Waals surface area contributed by atoms with Crippen LogP contribution in [0.3, 0.4) is 0 Å². The van der Waals surface area contributed by atoms with E-state index < -0.39 is 21.9 Å². The van der Waals surface area contributed by atoms with Gasteiger partial charge in [-0.15, -0.1) is 0 Å². The molecule has 0 aromatic heterocycles. The molecule has 5 nitrogen and oxygen atoms in total. The summed E-state index contributed by atoms with van der Waals surface area (Å²) in [5.74, 6) is -1.47. The second-order valence-electron chi connectivity index (χ2n) is 5.85. The number of carbonyl (C=O) groups is 1. The van der Waals surface area contributed by atoms with Crippen LogP contribution in [0.15, 0.2) is 28.7 Å². The largest absolute Gasteiger partial charge is 0.481 e. The van der Waals surface area contributed by atoms with E-state index in [-0.39, 0.29) is 18.2 Å². The van der Waals surface area contributed by atoms with Crippen molar-refractivity contribution in [2.24, 2.45) is 11.8 Å². The first-order valence-corrected chi connectivity index (χ1v) is 9.64. The van der Waals surface area contributed by atoms with Gasteiger partial charge >= 0.3 is 5.97 Å². The topological polar surface area (TPSA) is 74.7 Å². The number of hydrogen-bond donors (Lipinski definition) is 1. The predicted molar refractivity (Wildman–Crippen MR) is 88.1 cm³/mol. The highest BCUT2D eigenvalue weighted by Crippen LogP contribution is 2.25. The molecule has 1 N–H and O–H groups in total. The van der Waals surface area contributed by atoms with Gasteiger partial charge in [0.05, 0.1) is 11.7 Å². The molecule has 22 heavy (non-hydrogen) atoms. The third-order valence-corrected chi connectivity index (χ3v) is 6.53. The lowest BCUT2D eigenvalue weighted by atomic mass is 9.92. The molecule has 0 radical (unpaired) electrons.